The van der Waals surface area contributed by atoms with Crippen LogP contribution in [0.15, 0.2) is 69.6 Å². The summed E-state index contributed by atoms with van der Waals surface area (Å²) in [5.74, 6) is 0.167. The molecule has 0 spiro atoms. The van der Waals surface area contributed by atoms with Crippen LogP contribution < -0.4 is 10.1 Å². The molecule has 0 aliphatic rings. The molecule has 3 aromatic carbocycles. The second kappa shape index (κ2) is 8.83. The number of amides is 1. The van der Waals surface area contributed by atoms with Gasteiger partial charge in [0.25, 0.3) is 5.91 Å². The van der Waals surface area contributed by atoms with Gasteiger partial charge in [0.1, 0.15) is 10.8 Å². The third-order valence-electron chi connectivity index (χ3n) is 4.04. The van der Waals surface area contributed by atoms with Gasteiger partial charge in [-0.1, -0.05) is 51.8 Å². The van der Waals surface area contributed by atoms with Crippen molar-refractivity contribution in [1.29, 1.82) is 0 Å². The molecule has 0 aliphatic carbocycles. The zero-order valence-corrected chi connectivity index (χ0v) is 19.5. The first-order valence-corrected chi connectivity index (χ1v) is 11.3. The van der Waals surface area contributed by atoms with Gasteiger partial charge in [-0.05, 0) is 52.3 Å². The van der Waals surface area contributed by atoms with Gasteiger partial charge in [-0.2, -0.15) is 0 Å². The topological polar surface area (TPSA) is 51.2 Å². The Morgan fingerprint density at radius 1 is 1.10 bits per heavy atom. The van der Waals surface area contributed by atoms with Crippen LogP contribution in [0.25, 0.3) is 20.8 Å². The van der Waals surface area contributed by atoms with Crippen LogP contribution >= 0.6 is 54.8 Å². The molecule has 0 saturated heterocycles. The lowest BCUT2D eigenvalue weighted by atomic mass is 10.2. The molecular weight excluding hydrogens is 540 g/mol. The molecule has 0 saturated carbocycles. The highest BCUT2D eigenvalue weighted by atomic mass is 79.9. The molecule has 146 valence electrons. The first-order chi connectivity index (χ1) is 14.0. The Bertz CT molecular complexity index is 1180. The van der Waals surface area contributed by atoms with E-state index in [0.717, 1.165) is 29.7 Å². The number of nitrogens with one attached hydrogen (secondary N) is 1. The molecule has 29 heavy (non-hydrogen) atoms. The summed E-state index contributed by atoms with van der Waals surface area (Å²) in [6.07, 6.45) is 0. The van der Waals surface area contributed by atoms with E-state index in [1.54, 1.807) is 35.6 Å². The number of carbonyl (C=O) groups excluding carboxylic acids is 1. The molecule has 0 unspecified atom stereocenters. The highest BCUT2D eigenvalue weighted by molar-refractivity contribution is 9.11. The number of nitrogens with zero attached hydrogens (tertiary/aromatic N) is 1. The number of rotatable bonds is 5. The van der Waals surface area contributed by atoms with Crippen LogP contribution in [0.3, 0.4) is 0 Å². The van der Waals surface area contributed by atoms with Crippen LogP contribution in [0, 0.1) is 0 Å². The van der Waals surface area contributed by atoms with Gasteiger partial charge in [0.15, 0.2) is 6.61 Å². The summed E-state index contributed by atoms with van der Waals surface area (Å²) in [6, 6.07) is 18.8. The quantitative estimate of drug-likeness (QED) is 0.286. The van der Waals surface area contributed by atoms with Crippen molar-refractivity contribution in [2.45, 2.75) is 0 Å². The normalized spacial score (nSPS) is 10.9. The fourth-order valence-corrected chi connectivity index (χ4v) is 5.24. The molecule has 1 aromatic heterocycles. The van der Waals surface area contributed by atoms with E-state index in [4.69, 9.17) is 21.3 Å². The lowest BCUT2D eigenvalue weighted by Gasteiger charge is -2.13. The van der Waals surface area contributed by atoms with Gasteiger partial charge in [-0.25, -0.2) is 4.98 Å². The second-order valence-electron chi connectivity index (χ2n) is 6.06. The molecule has 1 N–H and O–H groups in total. The predicted molar refractivity (Wildman–Crippen MR) is 126 cm³/mol. The van der Waals surface area contributed by atoms with E-state index in [1.807, 2.05) is 36.4 Å². The van der Waals surface area contributed by atoms with Crippen LogP contribution in [0.2, 0.25) is 5.02 Å². The molecule has 0 atom stereocenters. The minimum atomic E-state index is -0.296. The van der Waals surface area contributed by atoms with Crippen LogP contribution in [0.4, 0.5) is 5.69 Å². The van der Waals surface area contributed by atoms with Gasteiger partial charge >= 0.3 is 0 Å². The summed E-state index contributed by atoms with van der Waals surface area (Å²) in [5, 5.41) is 4.20. The summed E-state index contributed by atoms with van der Waals surface area (Å²) in [6.45, 7) is -0.161. The van der Waals surface area contributed by atoms with Crippen molar-refractivity contribution in [1.82, 2.24) is 4.98 Å². The molecule has 1 heterocycles. The Kier molecular flexibility index (Phi) is 6.20. The van der Waals surface area contributed by atoms with E-state index >= 15 is 0 Å². The molecule has 4 rings (SSSR count). The average Bonchev–Trinajstić information content (AvgIpc) is 3.13. The van der Waals surface area contributed by atoms with E-state index in [0.29, 0.717) is 16.5 Å². The summed E-state index contributed by atoms with van der Waals surface area (Å²) >= 11 is 14.7. The maximum absolute atomic E-state index is 12.6. The Morgan fingerprint density at radius 3 is 2.66 bits per heavy atom. The molecular formula is C21H13Br2ClN2O2S. The molecule has 0 bridgehead atoms. The fourth-order valence-electron chi connectivity index (χ4n) is 2.74. The van der Waals surface area contributed by atoms with Gasteiger partial charge < -0.3 is 10.1 Å². The number of fused-ring (bicyclic) bond motifs is 1. The van der Waals surface area contributed by atoms with Crippen LogP contribution in [-0.4, -0.2) is 17.5 Å². The predicted octanol–water partition coefficient (Wildman–Crippen LogP) is 7.16. The molecule has 0 fully saturated rings. The first kappa shape index (κ1) is 20.3. The van der Waals surface area contributed by atoms with Crippen LogP contribution in [0.5, 0.6) is 5.75 Å². The van der Waals surface area contributed by atoms with Gasteiger partial charge in [0.2, 0.25) is 0 Å². The number of aromatic nitrogens is 1. The fraction of sp³-hybridized carbons (Fsp3) is 0.0476. The highest BCUT2D eigenvalue weighted by Gasteiger charge is 2.17. The molecule has 4 nitrogen and oxygen atoms in total. The van der Waals surface area contributed by atoms with Gasteiger partial charge in [0.05, 0.1) is 20.9 Å². The second-order valence-corrected chi connectivity index (χ2v) is 9.27. The number of hydrogen-bond donors (Lipinski definition) is 1. The minimum Gasteiger partial charge on any atom is -0.482 e. The standard InChI is InChI=1S/C21H13Br2ClN2O2S/c22-12-9-13(21-25-16-6-2-4-8-18(16)29-21)20(14(23)10-12)26-19(27)11-28-17-7-3-1-5-15(17)24/h1-10H,11H2,(H,26,27). The monoisotopic (exact) mass is 550 g/mol. The number of ether oxygens (including phenoxy) is 1. The maximum atomic E-state index is 12.6. The van der Waals surface area contributed by atoms with Crippen molar-refractivity contribution in [2.75, 3.05) is 11.9 Å². The number of anilines is 1. The van der Waals surface area contributed by atoms with Gasteiger partial charge in [-0.15, -0.1) is 11.3 Å². The smallest absolute Gasteiger partial charge is 0.262 e. The minimum absolute atomic E-state index is 0.161. The van der Waals surface area contributed by atoms with Crippen LogP contribution in [0.1, 0.15) is 0 Å². The summed E-state index contributed by atoms with van der Waals surface area (Å²) in [4.78, 5) is 17.3. The number of halogens is 3. The van der Waals surface area contributed by atoms with Crippen molar-refractivity contribution in [3.8, 4) is 16.3 Å². The SMILES string of the molecule is O=C(COc1ccccc1Cl)Nc1c(Br)cc(Br)cc1-c1nc2ccccc2s1. The number of carbonyl (C=O) groups is 1. The molecule has 0 radical (unpaired) electrons. The highest BCUT2D eigenvalue weighted by Crippen LogP contribution is 2.40. The summed E-state index contributed by atoms with van der Waals surface area (Å²) in [7, 11) is 0. The number of benzene rings is 3. The Labute approximate surface area is 193 Å². The van der Waals surface area contributed by atoms with Crippen molar-refractivity contribution >= 4 is 76.6 Å². The number of thiazole rings is 1. The number of para-hydroxylation sites is 2. The third-order valence-corrected chi connectivity index (χ3v) is 6.50. The lowest BCUT2D eigenvalue weighted by molar-refractivity contribution is -0.118. The lowest BCUT2D eigenvalue weighted by Crippen LogP contribution is -2.21. The van der Waals surface area contributed by atoms with E-state index in [1.165, 1.54) is 0 Å². The van der Waals surface area contributed by atoms with E-state index in [-0.39, 0.29) is 12.5 Å². The third kappa shape index (κ3) is 4.64. The summed E-state index contributed by atoms with van der Waals surface area (Å²) < 4.78 is 8.25. The van der Waals surface area contributed by atoms with Crippen molar-refractivity contribution in [3.05, 3.63) is 74.6 Å². The molecule has 8 heteroatoms. The van der Waals surface area contributed by atoms with Gasteiger partial charge in [0, 0.05) is 14.5 Å². The Balaban J connectivity index is 1.61. The van der Waals surface area contributed by atoms with E-state index in [9.17, 15) is 4.79 Å². The average molecular weight is 553 g/mol. The zero-order valence-electron chi connectivity index (χ0n) is 14.8. The van der Waals surface area contributed by atoms with E-state index < -0.39 is 0 Å². The van der Waals surface area contributed by atoms with E-state index in [2.05, 4.69) is 37.2 Å². The van der Waals surface area contributed by atoms with Crippen molar-refractivity contribution < 1.29 is 9.53 Å². The number of hydrogen-bond acceptors (Lipinski definition) is 4. The maximum Gasteiger partial charge on any atom is 0.262 e. The Hall–Kier alpha value is -1.93. The molecule has 4 aromatic rings. The van der Waals surface area contributed by atoms with Gasteiger partial charge in [-0.3, -0.25) is 4.79 Å². The molecule has 0 aliphatic heterocycles. The zero-order chi connectivity index (χ0) is 20.4. The summed E-state index contributed by atoms with van der Waals surface area (Å²) in [5.41, 5.74) is 2.38. The largest absolute Gasteiger partial charge is 0.482 e. The van der Waals surface area contributed by atoms with Crippen molar-refractivity contribution in [2.24, 2.45) is 0 Å². The first-order valence-electron chi connectivity index (χ1n) is 8.53. The van der Waals surface area contributed by atoms with Crippen LogP contribution in [-0.2, 0) is 4.79 Å². The Morgan fingerprint density at radius 2 is 1.86 bits per heavy atom. The van der Waals surface area contributed by atoms with Crippen molar-refractivity contribution in [3.63, 3.8) is 0 Å². The molecule has 1 amide bonds.